The molecule has 0 amide bonds. The molecule has 0 radical (unpaired) electrons. The first kappa shape index (κ1) is 107. The lowest BCUT2D eigenvalue weighted by atomic mass is 10.0. The van der Waals surface area contributed by atoms with Gasteiger partial charge >= 0.3 is 12.4 Å². The molecule has 15 rings (SSSR count). The fourth-order valence-corrected chi connectivity index (χ4v) is 19.8. The van der Waals surface area contributed by atoms with E-state index in [9.17, 15) is 91.2 Å². The van der Waals surface area contributed by atoms with Gasteiger partial charge < -0.3 is 52.3 Å². The molecular weight excluding hydrogens is 2060 g/mol. The maximum atomic E-state index is 13.0. The van der Waals surface area contributed by atoms with E-state index in [0.717, 1.165) is 50.6 Å². The van der Waals surface area contributed by atoms with Gasteiger partial charge in [-0.15, -0.1) is 56.7 Å². The molecule has 0 aliphatic rings. The molecule has 12 N–H and O–H groups in total. The number of nitrogens with zero attached hydrogens (tertiary/aromatic N) is 8. The van der Waals surface area contributed by atoms with Crippen molar-refractivity contribution in [3.05, 3.63) is 304 Å². The third kappa shape index (κ3) is 27.6. The Morgan fingerprint density at radius 3 is 1.10 bits per heavy atom. The number of phenolic OH excluding ortho intramolecular Hbond substituents is 3. The third-order valence-corrected chi connectivity index (χ3v) is 29.4. The van der Waals surface area contributed by atoms with Crippen LogP contribution < -0.4 is 11.5 Å². The van der Waals surface area contributed by atoms with Crippen molar-refractivity contribution in [2.75, 3.05) is 44.2 Å². The van der Waals surface area contributed by atoms with Crippen molar-refractivity contribution in [1.29, 1.82) is 0 Å². The van der Waals surface area contributed by atoms with Crippen molar-refractivity contribution in [3.8, 4) is 98.2 Å². The summed E-state index contributed by atoms with van der Waals surface area (Å²) >= 11 is 44.0. The smallest absolute Gasteiger partial charge is 0.435 e. The van der Waals surface area contributed by atoms with Gasteiger partial charge in [0.1, 0.15) is 72.1 Å². The van der Waals surface area contributed by atoms with Gasteiger partial charge in [0.25, 0.3) is 0 Å². The van der Waals surface area contributed by atoms with Gasteiger partial charge in [-0.05, 0) is 191 Å². The topological polar surface area (TPSA) is 400 Å². The molecule has 0 saturated carbocycles. The van der Waals surface area contributed by atoms with Gasteiger partial charge in [0.05, 0.1) is 71.2 Å². The molecule has 42 heteroatoms. The molecule has 139 heavy (non-hydrogen) atoms. The van der Waals surface area contributed by atoms with Gasteiger partial charge in [-0.1, -0.05) is 141 Å². The summed E-state index contributed by atoms with van der Waals surface area (Å²) in [5.41, 5.74) is 20.8. The van der Waals surface area contributed by atoms with E-state index < -0.39 is 40.8 Å². The van der Waals surface area contributed by atoms with E-state index in [-0.39, 0.29) is 112 Å². The molecule has 0 saturated heterocycles. The maximum Gasteiger partial charge on any atom is 0.435 e. The van der Waals surface area contributed by atoms with Crippen molar-refractivity contribution in [3.63, 3.8) is 0 Å². The van der Waals surface area contributed by atoms with E-state index >= 15 is 0 Å². The van der Waals surface area contributed by atoms with Crippen molar-refractivity contribution in [2.24, 2.45) is 25.0 Å². The van der Waals surface area contributed by atoms with Crippen LogP contribution in [0.25, 0.3) is 52.2 Å². The minimum absolute atomic E-state index is 0.0368. The predicted octanol–water partition coefficient (Wildman–Crippen LogP) is 27.2. The number of hydrogen-bond donors (Lipinski definition) is 10. The number of anilines is 2. The van der Waals surface area contributed by atoms with Crippen LogP contribution in [0.2, 0.25) is 30.1 Å². The number of benzene rings is 7. The summed E-state index contributed by atoms with van der Waals surface area (Å²) in [6.07, 6.45) is -4.74. The number of nitrogen functional groups attached to an aromatic ring is 2. The summed E-state index contributed by atoms with van der Waals surface area (Å²) in [6.45, 7) is 11.7. The summed E-state index contributed by atoms with van der Waals surface area (Å²) in [6, 6.07) is 39.0. The highest BCUT2D eigenvalue weighted by Crippen LogP contribution is 2.47. The normalized spacial score (nSPS) is 11.9. The lowest BCUT2D eigenvalue weighted by Gasteiger charge is -2.07. The molecule has 0 fully saturated rings. The number of hydrogen-bond acceptors (Lipinski definition) is 30. The van der Waals surface area contributed by atoms with Crippen LogP contribution in [0.3, 0.4) is 0 Å². The number of phenols is 3. The molecule has 0 bridgehead atoms. The second kappa shape index (κ2) is 47.4. The molecule has 8 aromatic heterocycles. The molecule has 15 aromatic rings. The molecule has 0 spiro atoms. The lowest BCUT2D eigenvalue weighted by molar-refractivity contribution is -0.141. The number of nitrogens with two attached hydrogens (primary N) is 2. The number of thiazole rings is 2. The van der Waals surface area contributed by atoms with Crippen molar-refractivity contribution in [2.45, 2.75) is 60.8 Å². The van der Waals surface area contributed by atoms with Crippen LogP contribution in [-0.4, -0.2) is 146 Å². The number of aryl methyl sites for hydroxylation is 2. The van der Waals surface area contributed by atoms with E-state index in [1.165, 1.54) is 117 Å². The second-order valence-corrected chi connectivity index (χ2v) is 38.7. The van der Waals surface area contributed by atoms with E-state index in [4.69, 9.17) is 81.1 Å². The number of rotatable bonds is 25. The van der Waals surface area contributed by atoms with Crippen LogP contribution in [0.5, 0.6) is 46.0 Å². The van der Waals surface area contributed by atoms with E-state index in [1.54, 1.807) is 141 Å². The Morgan fingerprint density at radius 1 is 0.367 bits per heavy atom. The number of ketones is 5. The summed E-state index contributed by atoms with van der Waals surface area (Å²) in [5.74, 6) is -2.02. The molecule has 7 aromatic carbocycles. The molecule has 0 unspecified atom stereocenters. The van der Waals surface area contributed by atoms with E-state index in [2.05, 4.69) is 39.9 Å². The second-order valence-electron chi connectivity index (χ2n) is 29.8. The van der Waals surface area contributed by atoms with Crippen molar-refractivity contribution < 1.29 is 91.2 Å². The number of carbonyl (C=O) groups is 5. The minimum Gasteiger partial charge on any atom is -0.508 e. The molecule has 0 aliphatic carbocycles. The van der Waals surface area contributed by atoms with Crippen LogP contribution in [0, 0.1) is 13.8 Å². The van der Waals surface area contributed by atoms with Gasteiger partial charge in [-0.25, -0.2) is 9.97 Å². The fourth-order valence-electron chi connectivity index (χ4n) is 12.5. The number of thiophene rings is 5. The number of alkyl halides is 6. The number of halogens is 12. The average molecular weight is 2140 g/mol. The highest BCUT2D eigenvalue weighted by Gasteiger charge is 2.40. The molecule has 0 aliphatic heterocycles. The first-order valence-corrected chi connectivity index (χ1v) is 48.7. The molecule has 8 heterocycles. The Balaban J connectivity index is 0.000000166. The van der Waals surface area contributed by atoms with Gasteiger partial charge in [0.2, 0.25) is 0 Å². The average Bonchev–Trinajstić information content (AvgIpc) is 1.65. The van der Waals surface area contributed by atoms with Gasteiger partial charge in [-0.2, -0.15) is 26.3 Å². The van der Waals surface area contributed by atoms with Crippen LogP contribution in [0.15, 0.2) is 222 Å². The quantitative estimate of drug-likeness (QED) is 0.0110. The Morgan fingerprint density at radius 2 is 0.734 bits per heavy atom. The zero-order valence-electron chi connectivity index (χ0n) is 73.3. The summed E-state index contributed by atoms with van der Waals surface area (Å²) in [5, 5.41) is 92.0. The third-order valence-electron chi connectivity index (χ3n) is 20.3. The fraction of sp³-hybridized carbons (Fsp3) is 0.144. The van der Waals surface area contributed by atoms with Gasteiger partial charge in [-0.3, -0.25) is 53.9 Å². The van der Waals surface area contributed by atoms with Crippen LogP contribution >= 0.6 is 149 Å². The Labute approximate surface area is 847 Å². The number of carbonyl (C=O) groups excluding carboxylic acids is 5. The van der Waals surface area contributed by atoms with Crippen LogP contribution in [-0.2, 0) is 12.4 Å². The zero-order valence-corrected chi connectivity index (χ0v) is 83.6. The van der Waals surface area contributed by atoms with Crippen molar-refractivity contribution in [1.82, 2.24) is 15.0 Å². The van der Waals surface area contributed by atoms with Crippen LogP contribution in [0.4, 0.5) is 36.6 Å². The number of Topliss-reactive ketones (excluding diaryl/α,β-unsaturated/α-hetero) is 5. The lowest BCUT2D eigenvalue weighted by Crippen LogP contribution is -2.14. The summed E-state index contributed by atoms with van der Waals surface area (Å²) in [4.78, 5) is 95.9. The predicted molar refractivity (Wildman–Crippen MR) is 549 cm³/mol. The summed E-state index contributed by atoms with van der Waals surface area (Å²) < 4.78 is 77.1. The maximum absolute atomic E-state index is 13.0. The zero-order chi connectivity index (χ0) is 101. The number of aliphatic imine (C=N–C) groups is 5. The van der Waals surface area contributed by atoms with Crippen LogP contribution in [0.1, 0.15) is 135 Å². The molecule has 718 valence electrons. The number of aromatic nitrogens is 3. The first-order valence-electron chi connectivity index (χ1n) is 40.4. The number of aromatic hydroxyl groups is 8. The molecule has 23 nitrogen and oxygen atoms in total. The van der Waals surface area contributed by atoms with Crippen molar-refractivity contribution >= 4 is 217 Å². The Kier molecular flexibility index (Phi) is 36.5. The highest BCUT2D eigenvalue weighted by molar-refractivity contribution is 7.18. The Bertz CT molecular complexity index is 7270. The van der Waals surface area contributed by atoms with E-state index in [0.29, 0.717) is 144 Å². The standard InChI is InChI=1S/C22H21NO4S.C20H15Cl2NO3S.C20H15F3N2O2S.C18H12Cl2F3N3O2S2.C17H13Cl2N3O2S2/c1-12-4-5-16(8-13(12)2)22-21(27)17(11-28-22)14(3)23-10-20(26)15-6-7-18(24)19(25)9-15;1-11(23-9-18(25)12-2-5-14(24)6-3-12)15-10-27-20(19(15)26)13-4-7-16(21)17(22)8-13;1-12(25-10-17(26)14-3-2-8-24-9-14)16-11-28-19(18(16)27)13-4-6-15(7-5-13)20(21,22)23;1-7(25-5-12(27)15-16(18(21,22)23)26-17(24)30-15)9-6-29-14(13(9)28)8-2-3-10(19)11(20)4-8;1-8(21-5-13(23)14-6-22-17(20)26-14)10-7-25-16(15(10)24)9-2-3-11(18)12(19)4-9/h4-9,11,24-25,27H,10H2,1-3H3;2-8,10,24,26H,9H2,1H3;2-9,11,27H,10H2,1H3;2-4,6,28H,5H2,1H3,(H2,24,26);2-4,6-7,24H,5H2,1H3,(H2,20,22). The SMILES string of the molecule is CC(=NCC(=O)c1ccc(O)c(O)c1)c1csc(-c2ccc(C)c(C)c2)c1O.CC(=NCC(=O)c1ccc(O)cc1)c1csc(-c2ccc(Cl)c(Cl)c2)c1O.CC(=NCC(=O)c1cccnc1)c1csc(-c2ccc(C(F)(F)F)cc2)c1O.CC(=NCC(=O)c1cnc(N)s1)c1csc(-c2ccc(Cl)c(Cl)c2)c1O.CC(=NCC(=O)c1sc(N)nc1C(F)(F)F)c1csc(-c2ccc(Cl)c(Cl)c2)c1O. The Hall–Kier alpha value is -12.5. The first-order chi connectivity index (χ1) is 65.8. The largest absolute Gasteiger partial charge is 0.508 e. The molecular formula is C97H76Cl6F6N10O13S7. The van der Waals surface area contributed by atoms with E-state index in [1.807, 2.05) is 37.4 Å². The minimum atomic E-state index is -4.79. The monoisotopic (exact) mass is 2140 g/mol. The molecule has 0 atom stereocenters. The highest BCUT2D eigenvalue weighted by atomic mass is 35.5. The van der Waals surface area contributed by atoms with Gasteiger partial charge in [0.15, 0.2) is 56.4 Å². The number of pyridine rings is 1. The summed E-state index contributed by atoms with van der Waals surface area (Å²) in [7, 11) is 0. The van der Waals surface area contributed by atoms with Gasteiger partial charge in [0, 0.05) is 112 Å².